The van der Waals surface area contributed by atoms with E-state index < -0.39 is 21.9 Å². The van der Waals surface area contributed by atoms with E-state index in [2.05, 4.69) is 10.0 Å². The van der Waals surface area contributed by atoms with Crippen molar-refractivity contribution < 1.29 is 22.3 Å². The van der Waals surface area contributed by atoms with Gasteiger partial charge in [0.05, 0.1) is 16.3 Å². The molecule has 0 aliphatic carbocycles. The highest BCUT2D eigenvalue weighted by molar-refractivity contribution is 7.92. The van der Waals surface area contributed by atoms with Gasteiger partial charge < -0.3 is 10.1 Å². The molecule has 0 unspecified atom stereocenters. The molecule has 120 valence electrons. The predicted molar refractivity (Wildman–Crippen MR) is 82.4 cm³/mol. The Morgan fingerprint density at radius 3 is 2.74 bits per heavy atom. The predicted octanol–water partition coefficient (Wildman–Crippen LogP) is 2.35. The van der Waals surface area contributed by atoms with Crippen LogP contribution in [0.15, 0.2) is 47.4 Å². The van der Waals surface area contributed by atoms with Crippen molar-refractivity contribution in [3.8, 4) is 5.75 Å². The molecule has 0 bridgehead atoms. The maximum absolute atomic E-state index is 13.2. The Balaban J connectivity index is 1.89. The van der Waals surface area contributed by atoms with Gasteiger partial charge in [0.15, 0.2) is 6.10 Å². The molecular weight excluding hydrogens is 323 g/mol. The van der Waals surface area contributed by atoms with Gasteiger partial charge in [0, 0.05) is 0 Å². The van der Waals surface area contributed by atoms with E-state index in [1.165, 1.54) is 24.3 Å². The molecule has 1 atom stereocenters. The van der Waals surface area contributed by atoms with Crippen LogP contribution in [0, 0.1) is 5.82 Å². The molecule has 0 saturated heterocycles. The molecule has 2 aromatic carbocycles. The van der Waals surface area contributed by atoms with Crippen LogP contribution in [0.4, 0.5) is 15.8 Å². The first kappa shape index (κ1) is 15.3. The first-order valence-electron chi connectivity index (χ1n) is 6.75. The SMILES string of the molecule is C[C@@H]1Oc2ccc(NS(=O)(=O)c3cccc(F)c3)cc2NC1=O. The van der Waals surface area contributed by atoms with Crippen molar-refractivity contribution in [2.45, 2.75) is 17.9 Å². The van der Waals surface area contributed by atoms with Gasteiger partial charge in [-0.15, -0.1) is 0 Å². The van der Waals surface area contributed by atoms with Gasteiger partial charge in [0.25, 0.3) is 15.9 Å². The molecule has 3 rings (SSSR count). The summed E-state index contributed by atoms with van der Waals surface area (Å²) in [6.07, 6.45) is -0.614. The van der Waals surface area contributed by atoms with E-state index in [9.17, 15) is 17.6 Å². The lowest BCUT2D eigenvalue weighted by Crippen LogP contribution is -2.34. The molecule has 6 nitrogen and oxygen atoms in total. The lowest BCUT2D eigenvalue weighted by molar-refractivity contribution is -0.122. The zero-order valence-corrected chi connectivity index (χ0v) is 12.9. The van der Waals surface area contributed by atoms with Gasteiger partial charge >= 0.3 is 0 Å². The Labute approximate surface area is 132 Å². The smallest absolute Gasteiger partial charge is 0.265 e. The third-order valence-corrected chi connectivity index (χ3v) is 4.65. The highest BCUT2D eigenvalue weighted by Crippen LogP contribution is 2.32. The summed E-state index contributed by atoms with van der Waals surface area (Å²) in [6, 6.07) is 9.17. The monoisotopic (exact) mass is 336 g/mol. The van der Waals surface area contributed by atoms with E-state index >= 15 is 0 Å². The Kier molecular flexibility index (Phi) is 3.69. The van der Waals surface area contributed by atoms with Crippen LogP contribution in [0.3, 0.4) is 0 Å². The second-order valence-electron chi connectivity index (χ2n) is 5.02. The topological polar surface area (TPSA) is 84.5 Å². The zero-order valence-electron chi connectivity index (χ0n) is 12.0. The van der Waals surface area contributed by atoms with E-state index in [0.29, 0.717) is 11.4 Å². The van der Waals surface area contributed by atoms with Gasteiger partial charge in [-0.25, -0.2) is 12.8 Å². The van der Waals surface area contributed by atoms with Crippen LogP contribution in [-0.2, 0) is 14.8 Å². The number of ether oxygens (including phenoxy) is 1. The summed E-state index contributed by atoms with van der Waals surface area (Å²) in [6.45, 7) is 1.61. The van der Waals surface area contributed by atoms with E-state index in [4.69, 9.17) is 4.74 Å². The van der Waals surface area contributed by atoms with Crippen LogP contribution in [0.1, 0.15) is 6.92 Å². The number of nitrogens with one attached hydrogen (secondary N) is 2. The van der Waals surface area contributed by atoms with Crippen molar-refractivity contribution in [3.63, 3.8) is 0 Å². The Morgan fingerprint density at radius 1 is 1.22 bits per heavy atom. The Hall–Kier alpha value is -2.61. The minimum atomic E-state index is -3.93. The summed E-state index contributed by atoms with van der Waals surface area (Å²) in [5.74, 6) is -0.513. The fourth-order valence-corrected chi connectivity index (χ4v) is 3.20. The van der Waals surface area contributed by atoms with Crippen molar-refractivity contribution in [1.82, 2.24) is 0 Å². The van der Waals surface area contributed by atoms with Crippen molar-refractivity contribution in [3.05, 3.63) is 48.3 Å². The first-order valence-corrected chi connectivity index (χ1v) is 8.23. The molecule has 0 aromatic heterocycles. The van der Waals surface area contributed by atoms with E-state index in [0.717, 1.165) is 12.1 Å². The zero-order chi connectivity index (χ0) is 16.6. The molecule has 1 aliphatic rings. The molecule has 0 radical (unpaired) electrons. The molecule has 1 aliphatic heterocycles. The lowest BCUT2D eigenvalue weighted by Gasteiger charge is -2.23. The first-order chi connectivity index (χ1) is 10.8. The van der Waals surface area contributed by atoms with Gasteiger partial charge in [0.2, 0.25) is 0 Å². The molecule has 0 fully saturated rings. The Morgan fingerprint density at radius 2 is 2.00 bits per heavy atom. The van der Waals surface area contributed by atoms with Crippen LogP contribution in [-0.4, -0.2) is 20.4 Å². The average Bonchev–Trinajstić information content (AvgIpc) is 2.48. The molecule has 2 N–H and O–H groups in total. The molecule has 1 heterocycles. The van der Waals surface area contributed by atoms with Gasteiger partial charge in [0.1, 0.15) is 11.6 Å². The second kappa shape index (κ2) is 5.54. The van der Waals surface area contributed by atoms with Gasteiger partial charge in [-0.1, -0.05) is 6.07 Å². The number of carbonyl (C=O) groups excluding carboxylic acids is 1. The molecule has 0 saturated carbocycles. The van der Waals surface area contributed by atoms with Crippen LogP contribution < -0.4 is 14.8 Å². The summed E-state index contributed by atoms with van der Waals surface area (Å²) < 4.78 is 45.4. The van der Waals surface area contributed by atoms with E-state index in [1.54, 1.807) is 13.0 Å². The largest absolute Gasteiger partial charge is 0.479 e. The summed E-state index contributed by atoms with van der Waals surface area (Å²) in [7, 11) is -3.93. The number of amides is 1. The third kappa shape index (κ3) is 3.11. The van der Waals surface area contributed by atoms with Gasteiger partial charge in [-0.05, 0) is 43.3 Å². The molecule has 8 heteroatoms. The highest BCUT2D eigenvalue weighted by Gasteiger charge is 2.24. The number of carbonyl (C=O) groups is 1. The van der Waals surface area contributed by atoms with Crippen molar-refractivity contribution in [1.29, 1.82) is 0 Å². The minimum absolute atomic E-state index is 0.191. The maximum atomic E-state index is 13.2. The number of benzene rings is 2. The van der Waals surface area contributed by atoms with Crippen molar-refractivity contribution >= 4 is 27.3 Å². The number of fused-ring (bicyclic) bond motifs is 1. The lowest BCUT2D eigenvalue weighted by atomic mass is 10.2. The summed E-state index contributed by atoms with van der Waals surface area (Å²) in [5, 5.41) is 2.63. The Bertz CT molecular complexity index is 883. The molecule has 2 aromatic rings. The van der Waals surface area contributed by atoms with Crippen molar-refractivity contribution in [2.24, 2.45) is 0 Å². The van der Waals surface area contributed by atoms with Gasteiger partial charge in [-0.3, -0.25) is 9.52 Å². The second-order valence-corrected chi connectivity index (χ2v) is 6.71. The van der Waals surface area contributed by atoms with Crippen LogP contribution in [0.5, 0.6) is 5.75 Å². The fourth-order valence-electron chi connectivity index (χ4n) is 2.12. The quantitative estimate of drug-likeness (QED) is 0.901. The number of rotatable bonds is 3. The molecule has 0 spiro atoms. The molecule has 1 amide bonds. The standard InChI is InChI=1S/C15H13FN2O4S/c1-9-15(19)17-13-8-11(5-6-14(13)22-9)18-23(20,21)12-4-2-3-10(16)7-12/h2-9,18H,1H3,(H,17,19)/t9-/m0/s1. The number of hydrogen-bond acceptors (Lipinski definition) is 4. The normalized spacial score (nSPS) is 17.0. The summed E-state index contributed by atoms with van der Waals surface area (Å²) in [4.78, 5) is 11.4. The maximum Gasteiger partial charge on any atom is 0.265 e. The van der Waals surface area contributed by atoms with Gasteiger partial charge in [-0.2, -0.15) is 0 Å². The van der Waals surface area contributed by atoms with Crippen molar-refractivity contribution in [2.75, 3.05) is 10.0 Å². The number of halogens is 1. The van der Waals surface area contributed by atoms with Crippen LogP contribution in [0.2, 0.25) is 0 Å². The fraction of sp³-hybridized carbons (Fsp3) is 0.133. The number of hydrogen-bond donors (Lipinski definition) is 2. The summed E-state index contributed by atoms with van der Waals surface area (Å²) in [5.41, 5.74) is 0.596. The molecular formula is C15H13FN2O4S. The molecule has 23 heavy (non-hydrogen) atoms. The number of anilines is 2. The average molecular weight is 336 g/mol. The minimum Gasteiger partial charge on any atom is -0.479 e. The number of sulfonamides is 1. The van der Waals surface area contributed by atoms with E-state index in [-0.39, 0.29) is 16.5 Å². The summed E-state index contributed by atoms with van der Waals surface area (Å²) >= 11 is 0. The van der Waals surface area contributed by atoms with Crippen LogP contribution in [0.25, 0.3) is 0 Å². The third-order valence-electron chi connectivity index (χ3n) is 3.27. The highest BCUT2D eigenvalue weighted by atomic mass is 32.2. The van der Waals surface area contributed by atoms with Crippen LogP contribution >= 0.6 is 0 Å². The van der Waals surface area contributed by atoms with E-state index in [1.807, 2.05) is 0 Å².